The van der Waals surface area contributed by atoms with E-state index in [0.29, 0.717) is 17.5 Å². The Balaban J connectivity index is 1.09. The minimum atomic E-state index is 0.609. The van der Waals surface area contributed by atoms with Crippen LogP contribution in [-0.2, 0) is 0 Å². The Bertz CT molecular complexity index is 3530. The molecule has 3 aromatic heterocycles. The number of hydrogen-bond acceptors (Lipinski definition) is 4. The Morgan fingerprint density at radius 2 is 0.806 bits per heavy atom. The van der Waals surface area contributed by atoms with Crippen molar-refractivity contribution in [1.82, 2.24) is 19.5 Å². The van der Waals surface area contributed by atoms with Crippen molar-refractivity contribution in [1.29, 1.82) is 0 Å². The molecule has 3 heterocycles. The maximum Gasteiger partial charge on any atom is 0.164 e. The van der Waals surface area contributed by atoms with E-state index in [1.54, 1.807) is 0 Å². The van der Waals surface area contributed by atoms with Crippen LogP contribution in [0.2, 0.25) is 0 Å². The van der Waals surface area contributed by atoms with Crippen molar-refractivity contribution in [2.24, 2.45) is 0 Å². The Kier molecular flexibility index (Phi) is 8.65. The van der Waals surface area contributed by atoms with Crippen LogP contribution in [-0.4, -0.2) is 19.5 Å². The average molecular weight is 809 g/mol. The maximum absolute atomic E-state index is 5.28. The second-order valence-corrected chi connectivity index (χ2v) is 16.6. The molecule has 0 aliphatic carbocycles. The van der Waals surface area contributed by atoms with Gasteiger partial charge in [-0.25, -0.2) is 15.0 Å². The zero-order valence-electron chi connectivity index (χ0n) is 33.5. The topological polar surface area (TPSA) is 43.6 Å². The number of fused-ring (bicyclic) bond motifs is 7. The summed E-state index contributed by atoms with van der Waals surface area (Å²) in [5, 5.41) is 5.03. The van der Waals surface area contributed by atoms with Crippen LogP contribution < -0.4 is 0 Å². The highest BCUT2D eigenvalue weighted by atomic mass is 32.1. The first-order chi connectivity index (χ1) is 30.7. The fraction of sp³-hybridized carbons (Fsp3) is 0. The normalized spacial score (nSPS) is 11.5. The molecule has 0 amide bonds. The molecule has 4 nitrogen and oxygen atoms in total. The van der Waals surface area contributed by atoms with E-state index in [2.05, 4.69) is 211 Å². The first-order valence-corrected chi connectivity index (χ1v) is 21.7. The standard InChI is InChI=1S/C57H36N4S/c1-4-16-37(17-5-1)40-22-14-24-42(34-40)55-58-56(43-25-15-23-41(35-43)38-18-6-2-7-19-38)60-57(59-55)44-30-33-51(49(36-44)39-20-8-3-9-21-39)61-50-28-12-10-26-45(50)47-31-32-48-46-27-11-13-29-52(46)62-54(48)53(47)61/h1-36H. The molecule has 0 aliphatic heterocycles. The van der Waals surface area contributed by atoms with Crippen molar-refractivity contribution >= 4 is 53.3 Å². The molecular formula is C57H36N4S. The fourth-order valence-corrected chi connectivity index (χ4v) is 10.1. The number of thiophene rings is 1. The molecule has 0 saturated carbocycles. The van der Waals surface area contributed by atoms with Gasteiger partial charge in [-0.3, -0.25) is 0 Å². The first-order valence-electron chi connectivity index (χ1n) is 20.8. The van der Waals surface area contributed by atoms with Gasteiger partial charge < -0.3 is 4.57 Å². The van der Waals surface area contributed by atoms with Crippen molar-refractivity contribution in [3.8, 4) is 73.2 Å². The van der Waals surface area contributed by atoms with E-state index in [0.717, 1.165) is 55.8 Å². The second-order valence-electron chi connectivity index (χ2n) is 15.6. The molecule has 0 radical (unpaired) electrons. The van der Waals surface area contributed by atoms with E-state index in [1.807, 2.05) is 23.5 Å². The summed E-state index contributed by atoms with van der Waals surface area (Å²) in [7, 11) is 0. The van der Waals surface area contributed by atoms with Gasteiger partial charge in [-0.1, -0.05) is 176 Å². The summed E-state index contributed by atoms with van der Waals surface area (Å²) in [5.41, 5.74) is 12.9. The number of aromatic nitrogens is 4. The van der Waals surface area contributed by atoms with E-state index in [9.17, 15) is 0 Å². The Hall–Kier alpha value is -7.99. The Labute approximate surface area is 362 Å². The number of benzene rings is 9. The summed E-state index contributed by atoms with van der Waals surface area (Å²) in [6.45, 7) is 0. The summed E-state index contributed by atoms with van der Waals surface area (Å²) in [4.78, 5) is 15.8. The van der Waals surface area contributed by atoms with Crippen LogP contribution in [0.15, 0.2) is 218 Å². The second kappa shape index (κ2) is 14.9. The van der Waals surface area contributed by atoms with Gasteiger partial charge in [-0.15, -0.1) is 11.3 Å². The molecule has 0 bridgehead atoms. The molecule has 12 aromatic rings. The Morgan fingerprint density at radius 3 is 1.44 bits per heavy atom. The van der Waals surface area contributed by atoms with Crippen LogP contribution >= 0.6 is 11.3 Å². The van der Waals surface area contributed by atoms with Crippen LogP contribution in [0, 0.1) is 0 Å². The minimum absolute atomic E-state index is 0.609. The van der Waals surface area contributed by atoms with Gasteiger partial charge in [-0.05, 0) is 70.3 Å². The van der Waals surface area contributed by atoms with E-state index >= 15 is 0 Å². The van der Waals surface area contributed by atoms with Crippen molar-refractivity contribution in [2.45, 2.75) is 0 Å². The number of nitrogens with zero attached hydrogens (tertiary/aromatic N) is 4. The molecule has 0 atom stereocenters. The summed E-state index contributed by atoms with van der Waals surface area (Å²) < 4.78 is 5.05. The molecule has 290 valence electrons. The molecule has 0 unspecified atom stereocenters. The molecule has 0 fully saturated rings. The van der Waals surface area contributed by atoms with E-state index in [4.69, 9.17) is 15.0 Å². The van der Waals surface area contributed by atoms with Crippen molar-refractivity contribution in [3.63, 3.8) is 0 Å². The third-order valence-electron chi connectivity index (χ3n) is 11.9. The monoisotopic (exact) mass is 808 g/mol. The molecule has 62 heavy (non-hydrogen) atoms. The molecule has 12 rings (SSSR count). The van der Waals surface area contributed by atoms with Crippen LogP contribution in [0.4, 0.5) is 0 Å². The fourth-order valence-electron chi connectivity index (χ4n) is 8.90. The van der Waals surface area contributed by atoms with Gasteiger partial charge in [0.2, 0.25) is 0 Å². The van der Waals surface area contributed by atoms with Crippen molar-refractivity contribution in [2.75, 3.05) is 0 Å². The van der Waals surface area contributed by atoms with Gasteiger partial charge >= 0.3 is 0 Å². The maximum atomic E-state index is 5.28. The quantitative estimate of drug-likeness (QED) is 0.161. The van der Waals surface area contributed by atoms with Crippen LogP contribution in [0.1, 0.15) is 0 Å². The van der Waals surface area contributed by atoms with E-state index in [1.165, 1.54) is 42.0 Å². The minimum Gasteiger partial charge on any atom is -0.307 e. The van der Waals surface area contributed by atoms with E-state index in [-0.39, 0.29) is 0 Å². The zero-order chi connectivity index (χ0) is 41.0. The highest BCUT2D eigenvalue weighted by molar-refractivity contribution is 7.26. The smallest absolute Gasteiger partial charge is 0.164 e. The summed E-state index contributed by atoms with van der Waals surface area (Å²) >= 11 is 1.87. The number of para-hydroxylation sites is 1. The zero-order valence-corrected chi connectivity index (χ0v) is 34.3. The van der Waals surface area contributed by atoms with Gasteiger partial charge in [0.1, 0.15) is 0 Å². The van der Waals surface area contributed by atoms with Crippen LogP contribution in [0.25, 0.3) is 115 Å². The van der Waals surface area contributed by atoms with Crippen LogP contribution in [0.3, 0.4) is 0 Å². The molecular weight excluding hydrogens is 773 g/mol. The largest absolute Gasteiger partial charge is 0.307 e. The summed E-state index contributed by atoms with van der Waals surface area (Å²) in [6.07, 6.45) is 0. The summed E-state index contributed by atoms with van der Waals surface area (Å²) in [6, 6.07) is 77.4. The van der Waals surface area contributed by atoms with Gasteiger partial charge in [-0.2, -0.15) is 0 Å². The molecule has 0 spiro atoms. The number of hydrogen-bond donors (Lipinski definition) is 0. The molecule has 0 saturated heterocycles. The predicted octanol–water partition coefficient (Wildman–Crippen LogP) is 15.3. The lowest BCUT2D eigenvalue weighted by Gasteiger charge is -2.16. The first kappa shape index (κ1) is 35.9. The van der Waals surface area contributed by atoms with Gasteiger partial charge in [0, 0.05) is 48.5 Å². The highest BCUT2D eigenvalue weighted by Crippen LogP contribution is 2.45. The van der Waals surface area contributed by atoms with Crippen molar-refractivity contribution < 1.29 is 0 Å². The SMILES string of the molecule is c1ccc(-c2cccc(-c3nc(-c4cccc(-c5ccccc5)c4)nc(-c4ccc(-n5c6ccccc6c6ccc7c8ccccc8sc7c65)c(-c5ccccc5)c4)n3)c2)cc1. The lowest BCUT2D eigenvalue weighted by atomic mass is 9.99. The van der Waals surface area contributed by atoms with E-state index < -0.39 is 0 Å². The highest BCUT2D eigenvalue weighted by Gasteiger charge is 2.21. The van der Waals surface area contributed by atoms with Gasteiger partial charge in [0.25, 0.3) is 0 Å². The molecule has 0 N–H and O–H groups in total. The summed E-state index contributed by atoms with van der Waals surface area (Å²) in [5.74, 6) is 1.85. The average Bonchev–Trinajstić information content (AvgIpc) is 3.91. The third kappa shape index (κ3) is 6.18. The van der Waals surface area contributed by atoms with Gasteiger partial charge in [0.05, 0.1) is 21.4 Å². The predicted molar refractivity (Wildman–Crippen MR) is 260 cm³/mol. The Morgan fingerprint density at radius 1 is 0.323 bits per heavy atom. The van der Waals surface area contributed by atoms with Crippen LogP contribution in [0.5, 0.6) is 0 Å². The third-order valence-corrected chi connectivity index (χ3v) is 13.0. The van der Waals surface area contributed by atoms with Gasteiger partial charge in [0.15, 0.2) is 17.5 Å². The lowest BCUT2D eigenvalue weighted by Crippen LogP contribution is -2.02. The van der Waals surface area contributed by atoms with Crippen molar-refractivity contribution in [3.05, 3.63) is 218 Å². The lowest BCUT2D eigenvalue weighted by molar-refractivity contribution is 1.07. The molecule has 9 aromatic carbocycles. The molecule has 5 heteroatoms. The molecule has 0 aliphatic rings. The number of rotatable bonds is 7.